The number of nitrogens with one attached hydrogen (secondary N) is 1. The SMILES string of the molecule is O=Cc1c(OCC2CO2)ccc2[nH]ncc12. The number of epoxide rings is 1. The number of ether oxygens (including phenoxy) is 2. The molecular weight excluding hydrogens is 208 g/mol. The topological polar surface area (TPSA) is 67.5 Å². The summed E-state index contributed by atoms with van der Waals surface area (Å²) in [6.07, 6.45) is 2.60. The number of aromatic amines is 1. The Morgan fingerprint density at radius 3 is 3.25 bits per heavy atom. The first kappa shape index (κ1) is 9.35. The molecule has 1 unspecified atom stereocenters. The normalized spacial score (nSPS) is 18.6. The van der Waals surface area contributed by atoms with Crippen LogP contribution in [0.4, 0.5) is 0 Å². The number of aldehydes is 1. The highest BCUT2D eigenvalue weighted by Crippen LogP contribution is 2.26. The van der Waals surface area contributed by atoms with Gasteiger partial charge in [0.05, 0.1) is 23.9 Å². The summed E-state index contributed by atoms with van der Waals surface area (Å²) < 4.78 is 10.6. The van der Waals surface area contributed by atoms with E-state index in [9.17, 15) is 4.79 Å². The van der Waals surface area contributed by atoms with Gasteiger partial charge in [-0.1, -0.05) is 0 Å². The molecule has 82 valence electrons. The van der Waals surface area contributed by atoms with Crippen LogP contribution in [-0.4, -0.2) is 35.8 Å². The second kappa shape index (κ2) is 3.61. The first-order valence-electron chi connectivity index (χ1n) is 5.04. The number of hydrogen-bond donors (Lipinski definition) is 1. The van der Waals surface area contributed by atoms with Crippen LogP contribution in [0, 0.1) is 0 Å². The molecule has 1 aromatic carbocycles. The molecule has 3 rings (SSSR count). The van der Waals surface area contributed by atoms with Crippen LogP contribution in [0.15, 0.2) is 18.3 Å². The van der Waals surface area contributed by atoms with Crippen molar-refractivity contribution >= 4 is 17.2 Å². The molecule has 2 heterocycles. The zero-order valence-corrected chi connectivity index (χ0v) is 8.47. The van der Waals surface area contributed by atoms with Crippen LogP contribution in [0.3, 0.4) is 0 Å². The summed E-state index contributed by atoms with van der Waals surface area (Å²) in [5.74, 6) is 0.583. The summed E-state index contributed by atoms with van der Waals surface area (Å²) in [6, 6.07) is 3.62. The number of carbonyl (C=O) groups excluding carboxylic acids is 1. The Balaban J connectivity index is 1.97. The number of rotatable bonds is 4. The fourth-order valence-corrected chi connectivity index (χ4v) is 1.61. The number of H-pyrrole nitrogens is 1. The van der Waals surface area contributed by atoms with Gasteiger partial charge in [-0.3, -0.25) is 9.89 Å². The minimum absolute atomic E-state index is 0.180. The van der Waals surface area contributed by atoms with Gasteiger partial charge in [0.25, 0.3) is 0 Å². The fourth-order valence-electron chi connectivity index (χ4n) is 1.61. The van der Waals surface area contributed by atoms with Crippen molar-refractivity contribution in [1.29, 1.82) is 0 Å². The molecule has 0 radical (unpaired) electrons. The lowest BCUT2D eigenvalue weighted by atomic mass is 10.1. The van der Waals surface area contributed by atoms with E-state index in [1.807, 2.05) is 6.07 Å². The van der Waals surface area contributed by atoms with Crippen molar-refractivity contribution in [2.24, 2.45) is 0 Å². The van der Waals surface area contributed by atoms with E-state index in [4.69, 9.17) is 9.47 Å². The molecule has 1 N–H and O–H groups in total. The Kier molecular flexibility index (Phi) is 2.11. The van der Waals surface area contributed by atoms with Gasteiger partial charge >= 0.3 is 0 Å². The number of benzene rings is 1. The average Bonchev–Trinajstić information content (AvgIpc) is 3.01. The van der Waals surface area contributed by atoms with Crippen LogP contribution in [0.1, 0.15) is 10.4 Å². The van der Waals surface area contributed by atoms with Crippen molar-refractivity contribution < 1.29 is 14.3 Å². The van der Waals surface area contributed by atoms with Gasteiger partial charge in [-0.15, -0.1) is 0 Å². The molecule has 5 heteroatoms. The van der Waals surface area contributed by atoms with Gasteiger partial charge in [0, 0.05) is 5.39 Å². The molecular formula is C11H10N2O3. The smallest absolute Gasteiger partial charge is 0.154 e. The molecule has 0 aliphatic carbocycles. The maximum atomic E-state index is 11.0. The van der Waals surface area contributed by atoms with Gasteiger partial charge in [0.15, 0.2) is 6.29 Å². The molecule has 0 amide bonds. The standard InChI is InChI=1S/C11H10N2O3/c14-4-9-8-3-12-13-10(8)1-2-11(9)16-6-7-5-15-7/h1-4,7H,5-6H2,(H,12,13). The van der Waals surface area contributed by atoms with Crippen LogP contribution in [0.2, 0.25) is 0 Å². The molecule has 5 nitrogen and oxygen atoms in total. The van der Waals surface area contributed by atoms with Gasteiger partial charge in [0.2, 0.25) is 0 Å². The van der Waals surface area contributed by atoms with Crippen LogP contribution in [-0.2, 0) is 4.74 Å². The Hall–Kier alpha value is -1.88. The number of aromatic nitrogens is 2. The van der Waals surface area contributed by atoms with Gasteiger partial charge in [-0.2, -0.15) is 5.10 Å². The Morgan fingerprint density at radius 2 is 2.50 bits per heavy atom. The molecule has 1 aromatic heterocycles. The van der Waals surface area contributed by atoms with Gasteiger partial charge in [-0.25, -0.2) is 0 Å². The van der Waals surface area contributed by atoms with E-state index in [1.165, 1.54) is 0 Å². The fraction of sp³-hybridized carbons (Fsp3) is 0.273. The molecule has 2 aromatic rings. The second-order valence-corrected chi connectivity index (χ2v) is 3.69. The van der Waals surface area contributed by atoms with E-state index in [1.54, 1.807) is 12.3 Å². The number of nitrogens with zero attached hydrogens (tertiary/aromatic N) is 1. The monoisotopic (exact) mass is 218 g/mol. The molecule has 0 bridgehead atoms. The van der Waals surface area contributed by atoms with E-state index < -0.39 is 0 Å². The molecule has 0 spiro atoms. The molecule has 1 fully saturated rings. The predicted molar refractivity (Wildman–Crippen MR) is 56.7 cm³/mol. The van der Waals surface area contributed by atoms with Crippen molar-refractivity contribution in [3.05, 3.63) is 23.9 Å². The lowest BCUT2D eigenvalue weighted by Crippen LogP contribution is -2.05. The minimum Gasteiger partial charge on any atom is -0.490 e. The van der Waals surface area contributed by atoms with E-state index in [0.717, 1.165) is 23.8 Å². The summed E-state index contributed by atoms with van der Waals surface area (Å²) in [5, 5.41) is 7.49. The molecule has 1 aliphatic heterocycles. The van der Waals surface area contributed by atoms with Crippen LogP contribution in [0.25, 0.3) is 10.9 Å². The molecule has 1 aliphatic rings. The summed E-state index contributed by atoms with van der Waals surface area (Å²) in [4.78, 5) is 11.0. The first-order valence-corrected chi connectivity index (χ1v) is 5.04. The Bertz CT molecular complexity index is 531. The molecule has 1 atom stereocenters. The summed E-state index contributed by atoms with van der Waals surface area (Å²) in [5.41, 5.74) is 1.36. The number of fused-ring (bicyclic) bond motifs is 1. The first-order chi connectivity index (χ1) is 7.88. The van der Waals surface area contributed by atoms with E-state index >= 15 is 0 Å². The van der Waals surface area contributed by atoms with Gasteiger partial charge < -0.3 is 9.47 Å². The molecule has 1 saturated heterocycles. The van der Waals surface area contributed by atoms with E-state index in [0.29, 0.717) is 17.9 Å². The maximum Gasteiger partial charge on any atom is 0.154 e. The van der Waals surface area contributed by atoms with E-state index in [2.05, 4.69) is 10.2 Å². The van der Waals surface area contributed by atoms with Crippen molar-refractivity contribution in [3.8, 4) is 5.75 Å². The lowest BCUT2D eigenvalue weighted by Gasteiger charge is -2.07. The molecule has 16 heavy (non-hydrogen) atoms. The highest BCUT2D eigenvalue weighted by atomic mass is 16.6. The van der Waals surface area contributed by atoms with E-state index in [-0.39, 0.29) is 6.10 Å². The lowest BCUT2D eigenvalue weighted by molar-refractivity contribution is 0.112. The third-order valence-corrected chi connectivity index (χ3v) is 2.57. The summed E-state index contributed by atoms with van der Waals surface area (Å²) in [6.45, 7) is 1.23. The van der Waals surface area contributed by atoms with Crippen molar-refractivity contribution in [3.63, 3.8) is 0 Å². The van der Waals surface area contributed by atoms with Crippen LogP contribution >= 0.6 is 0 Å². The summed E-state index contributed by atoms with van der Waals surface area (Å²) in [7, 11) is 0. The van der Waals surface area contributed by atoms with Crippen LogP contribution in [0.5, 0.6) is 5.75 Å². The quantitative estimate of drug-likeness (QED) is 0.617. The number of hydrogen-bond acceptors (Lipinski definition) is 4. The minimum atomic E-state index is 0.180. The third-order valence-electron chi connectivity index (χ3n) is 2.57. The predicted octanol–water partition coefficient (Wildman–Crippen LogP) is 1.15. The van der Waals surface area contributed by atoms with Crippen molar-refractivity contribution in [2.75, 3.05) is 13.2 Å². The largest absolute Gasteiger partial charge is 0.490 e. The average molecular weight is 218 g/mol. The number of carbonyl (C=O) groups is 1. The highest BCUT2D eigenvalue weighted by Gasteiger charge is 2.23. The van der Waals surface area contributed by atoms with Crippen molar-refractivity contribution in [1.82, 2.24) is 10.2 Å². The highest BCUT2D eigenvalue weighted by molar-refractivity contribution is 5.99. The van der Waals surface area contributed by atoms with Gasteiger partial charge in [0.1, 0.15) is 18.5 Å². The zero-order chi connectivity index (χ0) is 11.0. The summed E-state index contributed by atoms with van der Waals surface area (Å²) >= 11 is 0. The van der Waals surface area contributed by atoms with Crippen LogP contribution < -0.4 is 4.74 Å². The van der Waals surface area contributed by atoms with Crippen molar-refractivity contribution in [2.45, 2.75) is 6.10 Å². The third kappa shape index (κ3) is 1.55. The Morgan fingerprint density at radius 1 is 1.62 bits per heavy atom. The molecule has 0 saturated carbocycles. The Labute approximate surface area is 91.4 Å². The van der Waals surface area contributed by atoms with Gasteiger partial charge in [-0.05, 0) is 12.1 Å². The zero-order valence-electron chi connectivity index (χ0n) is 8.47. The maximum absolute atomic E-state index is 11.0. The second-order valence-electron chi connectivity index (χ2n) is 3.69.